The lowest BCUT2D eigenvalue weighted by Crippen LogP contribution is -2.32. The van der Waals surface area contributed by atoms with Gasteiger partial charge in [-0.3, -0.25) is 9.69 Å². The number of benzene rings is 2. The Labute approximate surface area is 143 Å². The second-order valence-corrected chi connectivity index (χ2v) is 6.76. The van der Waals surface area contributed by atoms with E-state index in [4.69, 9.17) is 0 Å². The zero-order valence-corrected chi connectivity index (χ0v) is 14.4. The van der Waals surface area contributed by atoms with Crippen molar-refractivity contribution in [3.63, 3.8) is 0 Å². The van der Waals surface area contributed by atoms with Crippen LogP contribution in [0.25, 0.3) is 0 Å². The van der Waals surface area contributed by atoms with Gasteiger partial charge in [-0.1, -0.05) is 40.2 Å². The minimum absolute atomic E-state index is 0.207. The second kappa shape index (κ2) is 6.81. The van der Waals surface area contributed by atoms with Crippen molar-refractivity contribution >= 4 is 27.5 Å². The Morgan fingerprint density at radius 3 is 2.91 bits per heavy atom. The molecule has 5 heteroatoms. The lowest BCUT2D eigenvalue weighted by Gasteiger charge is -2.24. The lowest BCUT2D eigenvalue weighted by atomic mass is 10.1. The molecular weight excluding hydrogens is 359 g/mol. The first kappa shape index (κ1) is 16.1. The molecule has 23 heavy (non-hydrogen) atoms. The van der Waals surface area contributed by atoms with Crippen molar-refractivity contribution in [3.8, 4) is 0 Å². The molecule has 1 aliphatic carbocycles. The minimum atomic E-state index is -0.443. The molecule has 3 nitrogen and oxygen atoms in total. The molecule has 1 unspecified atom stereocenters. The standard InChI is InChI=1S/C18H18BrFN2O/c1-22(17-9-6-12-4-2-3-5-14(12)17)11-18(23)21-16-8-7-13(19)10-15(16)20/h2-5,7-8,10,17H,6,9,11H2,1H3,(H,21,23). The summed E-state index contributed by atoms with van der Waals surface area (Å²) < 4.78 is 14.4. The highest BCUT2D eigenvalue weighted by Crippen LogP contribution is 2.34. The van der Waals surface area contributed by atoms with Gasteiger partial charge in [0, 0.05) is 10.5 Å². The SMILES string of the molecule is CN(CC(=O)Nc1ccc(Br)cc1F)C1CCc2ccccc21. The van der Waals surface area contributed by atoms with Crippen molar-refractivity contribution in [2.45, 2.75) is 18.9 Å². The number of nitrogens with one attached hydrogen (secondary N) is 1. The van der Waals surface area contributed by atoms with E-state index < -0.39 is 5.82 Å². The van der Waals surface area contributed by atoms with Gasteiger partial charge in [-0.2, -0.15) is 0 Å². The fourth-order valence-electron chi connectivity index (χ4n) is 3.11. The van der Waals surface area contributed by atoms with Crippen LogP contribution in [0.2, 0.25) is 0 Å². The van der Waals surface area contributed by atoms with Gasteiger partial charge in [-0.15, -0.1) is 0 Å². The molecule has 0 radical (unpaired) electrons. The van der Waals surface area contributed by atoms with E-state index in [0.29, 0.717) is 4.47 Å². The van der Waals surface area contributed by atoms with Crippen LogP contribution < -0.4 is 5.32 Å². The van der Waals surface area contributed by atoms with Crippen molar-refractivity contribution in [2.75, 3.05) is 18.9 Å². The van der Waals surface area contributed by atoms with Gasteiger partial charge in [0.2, 0.25) is 5.91 Å². The lowest BCUT2D eigenvalue weighted by molar-refractivity contribution is -0.117. The first-order chi connectivity index (χ1) is 11.0. The van der Waals surface area contributed by atoms with E-state index in [9.17, 15) is 9.18 Å². The topological polar surface area (TPSA) is 32.3 Å². The van der Waals surface area contributed by atoms with Gasteiger partial charge in [0.15, 0.2) is 0 Å². The Hall–Kier alpha value is -1.72. The van der Waals surface area contributed by atoms with Gasteiger partial charge in [0.25, 0.3) is 0 Å². The Morgan fingerprint density at radius 2 is 2.13 bits per heavy atom. The maximum Gasteiger partial charge on any atom is 0.238 e. The molecule has 3 rings (SSSR count). The predicted molar refractivity (Wildman–Crippen MR) is 92.9 cm³/mol. The number of nitrogens with zero attached hydrogens (tertiary/aromatic N) is 1. The largest absolute Gasteiger partial charge is 0.322 e. The van der Waals surface area contributed by atoms with Gasteiger partial charge in [-0.05, 0) is 49.2 Å². The molecule has 0 bridgehead atoms. The number of amides is 1. The van der Waals surface area contributed by atoms with Crippen molar-refractivity contribution in [1.82, 2.24) is 4.90 Å². The van der Waals surface area contributed by atoms with Crippen LogP contribution >= 0.6 is 15.9 Å². The fourth-order valence-corrected chi connectivity index (χ4v) is 3.44. The number of likely N-dealkylation sites (N-methyl/N-ethyl adjacent to an activating group) is 1. The van der Waals surface area contributed by atoms with Gasteiger partial charge < -0.3 is 5.32 Å². The molecular formula is C18H18BrFN2O. The summed E-state index contributed by atoms with van der Waals surface area (Å²) in [6.45, 7) is 0.231. The van der Waals surface area contributed by atoms with Gasteiger partial charge in [0.1, 0.15) is 5.82 Å². The number of anilines is 1. The van der Waals surface area contributed by atoms with Crippen LogP contribution in [0.4, 0.5) is 10.1 Å². The zero-order chi connectivity index (χ0) is 16.4. The maximum atomic E-state index is 13.8. The second-order valence-electron chi connectivity index (χ2n) is 5.84. The van der Waals surface area contributed by atoms with Crippen LogP contribution in [0.1, 0.15) is 23.6 Å². The molecule has 1 atom stereocenters. The number of aryl methyl sites for hydroxylation is 1. The Balaban J connectivity index is 1.64. The maximum absolute atomic E-state index is 13.8. The van der Waals surface area contributed by atoms with Crippen molar-refractivity contribution in [2.24, 2.45) is 0 Å². The van der Waals surface area contributed by atoms with Crippen LogP contribution in [0.5, 0.6) is 0 Å². The van der Waals surface area contributed by atoms with E-state index in [1.54, 1.807) is 12.1 Å². The van der Waals surface area contributed by atoms with Crippen LogP contribution in [-0.4, -0.2) is 24.4 Å². The quantitative estimate of drug-likeness (QED) is 0.869. The number of rotatable bonds is 4. The summed E-state index contributed by atoms with van der Waals surface area (Å²) >= 11 is 3.20. The van der Waals surface area contributed by atoms with E-state index >= 15 is 0 Å². The number of carbonyl (C=O) groups excluding carboxylic acids is 1. The summed E-state index contributed by atoms with van der Waals surface area (Å²) in [6, 6.07) is 13.2. The number of hydrogen-bond acceptors (Lipinski definition) is 2. The van der Waals surface area contributed by atoms with Crippen molar-refractivity contribution in [3.05, 3.63) is 63.9 Å². The molecule has 0 fully saturated rings. The molecule has 2 aromatic carbocycles. The summed E-state index contributed by atoms with van der Waals surface area (Å²) in [6.07, 6.45) is 2.05. The van der Waals surface area contributed by atoms with Gasteiger partial charge in [-0.25, -0.2) is 4.39 Å². The number of carbonyl (C=O) groups is 1. The number of fused-ring (bicyclic) bond motifs is 1. The van der Waals surface area contributed by atoms with Crippen LogP contribution in [-0.2, 0) is 11.2 Å². The monoisotopic (exact) mass is 376 g/mol. The van der Waals surface area contributed by atoms with Crippen LogP contribution in [0, 0.1) is 5.82 Å². The summed E-state index contributed by atoms with van der Waals surface area (Å²) in [5.41, 5.74) is 2.85. The van der Waals surface area contributed by atoms with E-state index in [1.165, 1.54) is 17.2 Å². The molecule has 1 amide bonds. The Kier molecular flexibility index (Phi) is 4.78. The number of hydrogen-bond donors (Lipinski definition) is 1. The van der Waals surface area contributed by atoms with Crippen molar-refractivity contribution < 1.29 is 9.18 Å². The Bertz CT molecular complexity index is 735. The summed E-state index contributed by atoms with van der Waals surface area (Å²) in [4.78, 5) is 14.2. The molecule has 1 aliphatic rings. The third-order valence-electron chi connectivity index (χ3n) is 4.23. The Morgan fingerprint density at radius 1 is 1.35 bits per heavy atom. The minimum Gasteiger partial charge on any atom is -0.322 e. The zero-order valence-electron chi connectivity index (χ0n) is 12.9. The highest BCUT2D eigenvalue weighted by Gasteiger charge is 2.26. The average Bonchev–Trinajstić information content (AvgIpc) is 2.94. The van der Waals surface area contributed by atoms with Crippen LogP contribution in [0.3, 0.4) is 0 Å². The smallest absolute Gasteiger partial charge is 0.238 e. The third kappa shape index (κ3) is 3.62. The molecule has 0 saturated heterocycles. The van der Waals surface area contributed by atoms with E-state index in [1.807, 2.05) is 24.1 Å². The first-order valence-electron chi connectivity index (χ1n) is 7.57. The third-order valence-corrected chi connectivity index (χ3v) is 4.72. The summed E-state index contributed by atoms with van der Waals surface area (Å²) in [5, 5.41) is 2.64. The molecule has 2 aromatic rings. The average molecular weight is 377 g/mol. The van der Waals surface area contributed by atoms with Gasteiger partial charge in [0.05, 0.1) is 12.2 Å². The molecule has 0 saturated carbocycles. The van der Waals surface area contributed by atoms with E-state index in [2.05, 4.69) is 33.4 Å². The van der Waals surface area contributed by atoms with E-state index in [-0.39, 0.29) is 24.2 Å². The predicted octanol–water partition coefficient (Wildman–Crippen LogP) is 4.15. The highest BCUT2D eigenvalue weighted by atomic mass is 79.9. The van der Waals surface area contributed by atoms with Crippen molar-refractivity contribution in [1.29, 1.82) is 0 Å². The van der Waals surface area contributed by atoms with E-state index in [0.717, 1.165) is 12.8 Å². The highest BCUT2D eigenvalue weighted by molar-refractivity contribution is 9.10. The molecule has 1 N–H and O–H groups in total. The molecule has 0 spiro atoms. The normalized spacial score (nSPS) is 16.4. The summed E-state index contributed by atoms with van der Waals surface area (Å²) in [5.74, 6) is -0.653. The fraction of sp³-hybridized carbons (Fsp3) is 0.278. The van der Waals surface area contributed by atoms with Gasteiger partial charge >= 0.3 is 0 Å². The molecule has 0 heterocycles. The van der Waals surface area contributed by atoms with Crippen LogP contribution in [0.15, 0.2) is 46.9 Å². The first-order valence-corrected chi connectivity index (χ1v) is 8.37. The molecule has 120 valence electrons. The molecule has 0 aliphatic heterocycles. The summed E-state index contributed by atoms with van der Waals surface area (Å²) in [7, 11) is 1.93. The number of halogens is 2. The molecule has 0 aromatic heterocycles.